The van der Waals surface area contributed by atoms with E-state index in [0.717, 1.165) is 23.6 Å². The van der Waals surface area contributed by atoms with Gasteiger partial charge in [0.25, 0.3) is 0 Å². The van der Waals surface area contributed by atoms with Crippen molar-refractivity contribution in [3.8, 4) is 0 Å². The van der Waals surface area contributed by atoms with Gasteiger partial charge in [-0.2, -0.15) is 0 Å². The highest BCUT2D eigenvalue weighted by Gasteiger charge is 2.21. The van der Waals surface area contributed by atoms with Crippen molar-refractivity contribution in [1.82, 2.24) is 0 Å². The fourth-order valence-corrected chi connectivity index (χ4v) is 2.39. The Labute approximate surface area is 126 Å². The fraction of sp³-hybridized carbons (Fsp3) is 0.294. The van der Waals surface area contributed by atoms with Gasteiger partial charge in [0.05, 0.1) is 0 Å². The predicted molar refractivity (Wildman–Crippen MR) is 87.3 cm³/mol. The van der Waals surface area contributed by atoms with E-state index in [1.165, 1.54) is 5.56 Å². The highest BCUT2D eigenvalue weighted by Crippen LogP contribution is 2.22. The molecule has 0 aliphatic heterocycles. The van der Waals surface area contributed by atoms with E-state index in [2.05, 4.69) is 36.5 Å². The van der Waals surface area contributed by atoms with E-state index in [1.807, 2.05) is 30.3 Å². The molecule has 3 N–H and O–H groups in total. The van der Waals surface area contributed by atoms with E-state index in [0.29, 0.717) is 6.54 Å². The second-order valence-electron chi connectivity index (χ2n) is 5.39. The van der Waals surface area contributed by atoms with Crippen LogP contribution in [0.4, 0.5) is 5.69 Å². The van der Waals surface area contributed by atoms with Crippen LogP contribution in [-0.4, -0.2) is 12.1 Å². The van der Waals surface area contributed by atoms with Crippen molar-refractivity contribution >= 4 is 17.3 Å². The summed E-state index contributed by atoms with van der Waals surface area (Å²) in [6.45, 7) is 2.73. The number of rotatable bonds is 6. The highest BCUT2D eigenvalue weighted by molar-refractivity contribution is 6.30. The summed E-state index contributed by atoms with van der Waals surface area (Å²) in [6.07, 6.45) is 1.97. The average molecular weight is 289 g/mol. The van der Waals surface area contributed by atoms with E-state index in [9.17, 15) is 0 Å². The van der Waals surface area contributed by atoms with Crippen molar-refractivity contribution in [3.63, 3.8) is 0 Å². The van der Waals surface area contributed by atoms with E-state index in [1.54, 1.807) is 0 Å². The zero-order chi connectivity index (χ0) is 14.4. The number of hydrogen-bond acceptors (Lipinski definition) is 2. The van der Waals surface area contributed by atoms with Crippen LogP contribution in [0.25, 0.3) is 0 Å². The molecule has 0 radical (unpaired) electrons. The molecule has 0 spiro atoms. The number of benzene rings is 2. The summed E-state index contributed by atoms with van der Waals surface area (Å²) in [6, 6.07) is 18.2. The monoisotopic (exact) mass is 288 g/mol. The quantitative estimate of drug-likeness (QED) is 0.840. The lowest BCUT2D eigenvalue weighted by atomic mass is 9.93. The number of nitrogens with two attached hydrogens (primary N) is 1. The number of nitrogens with one attached hydrogen (secondary N) is 1. The third-order valence-electron chi connectivity index (χ3n) is 3.53. The van der Waals surface area contributed by atoms with Crippen molar-refractivity contribution in [2.75, 3.05) is 11.9 Å². The van der Waals surface area contributed by atoms with Crippen molar-refractivity contribution in [2.24, 2.45) is 5.73 Å². The van der Waals surface area contributed by atoms with Gasteiger partial charge in [-0.1, -0.05) is 48.0 Å². The normalized spacial score (nSPS) is 13.8. The topological polar surface area (TPSA) is 38.0 Å². The standard InChI is InChI=1S/C17H21ClN2/c1-17(13-19,11-10-14-6-3-2-4-7-14)20-16-9-5-8-15(18)12-16/h2-9,12,20H,10-11,13,19H2,1H3. The van der Waals surface area contributed by atoms with Crippen molar-refractivity contribution in [1.29, 1.82) is 0 Å². The zero-order valence-electron chi connectivity index (χ0n) is 11.8. The molecule has 0 bridgehead atoms. The molecule has 2 aromatic rings. The van der Waals surface area contributed by atoms with Crippen molar-refractivity contribution in [3.05, 3.63) is 65.2 Å². The van der Waals surface area contributed by atoms with Crippen LogP contribution in [-0.2, 0) is 6.42 Å². The van der Waals surface area contributed by atoms with Gasteiger partial charge in [-0.05, 0) is 43.5 Å². The Hall–Kier alpha value is -1.51. The van der Waals surface area contributed by atoms with Gasteiger partial charge < -0.3 is 11.1 Å². The van der Waals surface area contributed by atoms with Crippen LogP contribution >= 0.6 is 11.6 Å². The molecule has 1 unspecified atom stereocenters. The lowest BCUT2D eigenvalue weighted by Gasteiger charge is -2.31. The highest BCUT2D eigenvalue weighted by atomic mass is 35.5. The van der Waals surface area contributed by atoms with Crippen molar-refractivity contribution in [2.45, 2.75) is 25.3 Å². The third-order valence-corrected chi connectivity index (χ3v) is 3.76. The third kappa shape index (κ3) is 4.26. The SMILES string of the molecule is CC(CN)(CCc1ccccc1)Nc1cccc(Cl)c1. The van der Waals surface area contributed by atoms with Crippen molar-refractivity contribution < 1.29 is 0 Å². The summed E-state index contributed by atoms with van der Waals surface area (Å²) in [7, 11) is 0. The second-order valence-corrected chi connectivity index (χ2v) is 5.82. The van der Waals surface area contributed by atoms with Crippen LogP contribution in [0.1, 0.15) is 18.9 Å². The molecule has 1 atom stereocenters. The van der Waals surface area contributed by atoms with Crippen LogP contribution in [0.3, 0.4) is 0 Å². The molecule has 2 rings (SSSR count). The summed E-state index contributed by atoms with van der Waals surface area (Å²) >= 11 is 6.02. The molecule has 20 heavy (non-hydrogen) atoms. The molecule has 0 amide bonds. The van der Waals surface area contributed by atoms with Gasteiger partial charge in [0.1, 0.15) is 0 Å². The minimum Gasteiger partial charge on any atom is -0.379 e. The first-order chi connectivity index (χ1) is 9.61. The molecule has 0 saturated carbocycles. The van der Waals surface area contributed by atoms with Crippen LogP contribution in [0.2, 0.25) is 5.02 Å². The Morgan fingerprint density at radius 2 is 1.85 bits per heavy atom. The largest absolute Gasteiger partial charge is 0.379 e. The van der Waals surface area contributed by atoms with Crippen LogP contribution < -0.4 is 11.1 Å². The molecular formula is C17H21ClN2. The van der Waals surface area contributed by atoms with Gasteiger partial charge in [-0.15, -0.1) is 0 Å². The molecule has 0 fully saturated rings. The smallest absolute Gasteiger partial charge is 0.0470 e. The Morgan fingerprint density at radius 1 is 1.10 bits per heavy atom. The van der Waals surface area contributed by atoms with E-state index >= 15 is 0 Å². The molecule has 2 aromatic carbocycles. The first-order valence-corrected chi connectivity index (χ1v) is 7.27. The van der Waals surface area contributed by atoms with Gasteiger partial charge in [-0.25, -0.2) is 0 Å². The van der Waals surface area contributed by atoms with Gasteiger partial charge in [0.2, 0.25) is 0 Å². The average Bonchev–Trinajstić information content (AvgIpc) is 2.46. The molecule has 3 heteroatoms. The summed E-state index contributed by atoms with van der Waals surface area (Å²) in [4.78, 5) is 0. The fourth-order valence-electron chi connectivity index (χ4n) is 2.20. The van der Waals surface area contributed by atoms with E-state index in [4.69, 9.17) is 17.3 Å². The second kappa shape index (κ2) is 6.78. The summed E-state index contributed by atoms with van der Waals surface area (Å²) < 4.78 is 0. The number of halogens is 1. The molecule has 0 heterocycles. The molecule has 106 valence electrons. The maximum absolute atomic E-state index is 6.02. The number of aryl methyl sites for hydroxylation is 1. The Bertz CT molecular complexity index is 542. The first kappa shape index (κ1) is 14.9. The minimum absolute atomic E-state index is 0.138. The Kier molecular flexibility index (Phi) is 5.05. The maximum atomic E-state index is 6.02. The molecule has 0 saturated heterocycles. The van der Waals surface area contributed by atoms with Gasteiger partial charge in [-0.3, -0.25) is 0 Å². The van der Waals surface area contributed by atoms with Crippen LogP contribution in [0, 0.1) is 0 Å². The van der Waals surface area contributed by atoms with Crippen LogP contribution in [0.5, 0.6) is 0 Å². The molecule has 2 nitrogen and oxygen atoms in total. The Morgan fingerprint density at radius 3 is 2.50 bits per heavy atom. The molecule has 0 aliphatic rings. The molecule has 0 aliphatic carbocycles. The minimum atomic E-state index is -0.138. The summed E-state index contributed by atoms with van der Waals surface area (Å²) in [5, 5.41) is 4.24. The zero-order valence-corrected chi connectivity index (χ0v) is 12.5. The van der Waals surface area contributed by atoms with Gasteiger partial charge in [0, 0.05) is 22.8 Å². The van der Waals surface area contributed by atoms with Gasteiger partial charge in [0.15, 0.2) is 0 Å². The maximum Gasteiger partial charge on any atom is 0.0470 e. The first-order valence-electron chi connectivity index (χ1n) is 6.89. The number of anilines is 1. The molecular weight excluding hydrogens is 268 g/mol. The summed E-state index contributed by atoms with van der Waals surface area (Å²) in [5.41, 5.74) is 8.17. The van der Waals surface area contributed by atoms with Gasteiger partial charge >= 0.3 is 0 Å². The molecule has 0 aromatic heterocycles. The summed E-state index contributed by atoms with van der Waals surface area (Å²) in [5.74, 6) is 0. The number of hydrogen-bond donors (Lipinski definition) is 2. The predicted octanol–water partition coefficient (Wildman–Crippen LogP) is 4.10. The van der Waals surface area contributed by atoms with E-state index < -0.39 is 0 Å². The lowest BCUT2D eigenvalue weighted by molar-refractivity contribution is 0.483. The van der Waals surface area contributed by atoms with Crippen LogP contribution in [0.15, 0.2) is 54.6 Å². The lowest BCUT2D eigenvalue weighted by Crippen LogP contribution is -2.43. The Balaban J connectivity index is 2.01. The van der Waals surface area contributed by atoms with E-state index in [-0.39, 0.29) is 5.54 Å².